The van der Waals surface area contributed by atoms with Crippen molar-refractivity contribution in [1.82, 2.24) is 10.3 Å². The molecule has 6 nitrogen and oxygen atoms in total. The molecule has 0 bridgehead atoms. The van der Waals surface area contributed by atoms with E-state index in [2.05, 4.69) is 16.9 Å². The number of allylic oxidation sites excluding steroid dienone is 1. The number of aromatic nitrogens is 1. The summed E-state index contributed by atoms with van der Waals surface area (Å²) in [4.78, 5) is 26.0. The minimum absolute atomic E-state index is 0.0546. The third kappa shape index (κ3) is 3.49. The number of amides is 1. The van der Waals surface area contributed by atoms with Crippen LogP contribution in [0.4, 0.5) is 0 Å². The van der Waals surface area contributed by atoms with E-state index in [9.17, 15) is 9.59 Å². The van der Waals surface area contributed by atoms with Gasteiger partial charge in [-0.15, -0.1) is 0 Å². The van der Waals surface area contributed by atoms with E-state index in [1.807, 2.05) is 13.0 Å². The second-order valence-electron chi connectivity index (χ2n) is 5.70. The average molecular weight is 330 g/mol. The maximum Gasteiger partial charge on any atom is 0.303 e. The number of aliphatic carboxylic acids is 1. The zero-order chi connectivity index (χ0) is 17.9. The summed E-state index contributed by atoms with van der Waals surface area (Å²) in [6.45, 7) is 7.81. The summed E-state index contributed by atoms with van der Waals surface area (Å²) in [5, 5.41) is 11.8. The van der Waals surface area contributed by atoms with Crippen molar-refractivity contribution in [2.75, 3.05) is 7.11 Å². The lowest BCUT2D eigenvalue weighted by molar-refractivity contribution is -0.137. The van der Waals surface area contributed by atoms with E-state index < -0.39 is 5.97 Å². The predicted octanol–water partition coefficient (Wildman–Crippen LogP) is 2.46. The van der Waals surface area contributed by atoms with Crippen molar-refractivity contribution >= 4 is 18.0 Å². The molecular formula is C18H22N2O4. The number of hydrogen-bond acceptors (Lipinski definition) is 3. The maximum absolute atomic E-state index is 11.8. The lowest BCUT2D eigenvalue weighted by Gasteiger charge is -2.03. The molecule has 2 heterocycles. The number of carboxylic acid groups (broad SMARTS) is 1. The Balaban J connectivity index is 2.42. The van der Waals surface area contributed by atoms with Gasteiger partial charge in [0.05, 0.1) is 12.3 Å². The summed E-state index contributed by atoms with van der Waals surface area (Å²) in [5.41, 5.74) is 5.66. The van der Waals surface area contributed by atoms with Gasteiger partial charge in [0.25, 0.3) is 5.91 Å². The van der Waals surface area contributed by atoms with Crippen molar-refractivity contribution in [2.45, 2.75) is 33.3 Å². The fraction of sp³-hybridized carbons (Fsp3) is 0.333. The van der Waals surface area contributed by atoms with Gasteiger partial charge < -0.3 is 20.1 Å². The number of carbonyl (C=O) groups excluding carboxylic acids is 1. The summed E-state index contributed by atoms with van der Waals surface area (Å²) in [5.74, 6) is -0.974. The number of methoxy groups -OCH3 is 1. The number of hydrogen-bond donors (Lipinski definition) is 3. The number of nitrogens with one attached hydrogen (secondary N) is 2. The minimum Gasteiger partial charge on any atom is -0.481 e. The lowest BCUT2D eigenvalue weighted by atomic mass is 10.0. The van der Waals surface area contributed by atoms with E-state index >= 15 is 0 Å². The van der Waals surface area contributed by atoms with Crippen molar-refractivity contribution in [3.63, 3.8) is 0 Å². The van der Waals surface area contributed by atoms with Crippen LogP contribution in [0.15, 0.2) is 29.5 Å². The molecule has 24 heavy (non-hydrogen) atoms. The van der Waals surface area contributed by atoms with Crippen LogP contribution in [-0.2, 0) is 27.4 Å². The third-order valence-electron chi connectivity index (χ3n) is 4.16. The van der Waals surface area contributed by atoms with E-state index in [0.29, 0.717) is 24.3 Å². The van der Waals surface area contributed by atoms with E-state index in [4.69, 9.17) is 9.84 Å². The minimum atomic E-state index is -0.838. The van der Waals surface area contributed by atoms with Crippen molar-refractivity contribution < 1.29 is 19.4 Å². The lowest BCUT2D eigenvalue weighted by Crippen LogP contribution is -2.15. The highest BCUT2D eigenvalue weighted by Crippen LogP contribution is 2.27. The summed E-state index contributed by atoms with van der Waals surface area (Å²) in [7, 11) is 1.59. The molecule has 1 aliphatic heterocycles. The molecule has 0 aliphatic carbocycles. The van der Waals surface area contributed by atoms with Gasteiger partial charge in [-0.1, -0.05) is 12.7 Å². The topological polar surface area (TPSA) is 91.4 Å². The average Bonchev–Trinajstić information content (AvgIpc) is 2.96. The Labute approximate surface area is 140 Å². The normalized spacial score (nSPS) is 16.0. The molecule has 0 radical (unpaired) electrons. The Kier molecular flexibility index (Phi) is 5.41. The fourth-order valence-corrected chi connectivity index (χ4v) is 2.83. The van der Waals surface area contributed by atoms with Gasteiger partial charge in [0, 0.05) is 36.1 Å². The standard InChI is InChI=1S/C18H22N2O4/c1-5-12-11(3)18(23)20-15(12)8-14-10(2)13(6-7-17(21)22)16(19-14)9-24-4/h5,8,19H,1,6-7,9H2,2-4H3,(H,20,23)(H,21,22)/b15-8-. The van der Waals surface area contributed by atoms with Crippen molar-refractivity contribution in [3.05, 3.63) is 52.0 Å². The maximum atomic E-state index is 11.8. The quantitative estimate of drug-likeness (QED) is 0.716. The van der Waals surface area contributed by atoms with Crippen LogP contribution in [0.3, 0.4) is 0 Å². The van der Waals surface area contributed by atoms with Gasteiger partial charge in [0.15, 0.2) is 0 Å². The van der Waals surface area contributed by atoms with Gasteiger partial charge >= 0.3 is 5.97 Å². The van der Waals surface area contributed by atoms with Crippen LogP contribution in [0, 0.1) is 6.92 Å². The second kappa shape index (κ2) is 7.31. The fourth-order valence-electron chi connectivity index (χ4n) is 2.83. The molecule has 6 heteroatoms. The van der Waals surface area contributed by atoms with Gasteiger partial charge in [-0.05, 0) is 37.5 Å². The van der Waals surface area contributed by atoms with Gasteiger partial charge in [0.2, 0.25) is 0 Å². The van der Waals surface area contributed by atoms with Crippen LogP contribution in [0.25, 0.3) is 6.08 Å². The molecule has 128 valence electrons. The van der Waals surface area contributed by atoms with Gasteiger partial charge in [-0.3, -0.25) is 9.59 Å². The second-order valence-corrected chi connectivity index (χ2v) is 5.70. The highest BCUT2D eigenvalue weighted by molar-refractivity contribution is 6.01. The third-order valence-corrected chi connectivity index (χ3v) is 4.16. The molecule has 0 atom stereocenters. The highest BCUT2D eigenvalue weighted by Gasteiger charge is 2.22. The van der Waals surface area contributed by atoms with E-state index in [0.717, 1.165) is 28.1 Å². The number of rotatable bonds is 7. The number of H-pyrrole nitrogens is 1. The van der Waals surface area contributed by atoms with Crippen molar-refractivity contribution in [3.8, 4) is 0 Å². The number of carboxylic acids is 1. The Morgan fingerprint density at radius 1 is 1.38 bits per heavy atom. The van der Waals surface area contributed by atoms with Crippen LogP contribution >= 0.6 is 0 Å². The molecule has 1 aromatic rings. The summed E-state index contributed by atoms with van der Waals surface area (Å²) < 4.78 is 5.20. The van der Waals surface area contributed by atoms with Gasteiger partial charge in [0.1, 0.15) is 0 Å². The summed E-state index contributed by atoms with van der Waals surface area (Å²) in [6, 6.07) is 0. The number of ether oxygens (including phenoxy) is 1. The van der Waals surface area contributed by atoms with E-state index in [1.165, 1.54) is 0 Å². The number of aromatic amines is 1. The zero-order valence-corrected chi connectivity index (χ0v) is 14.2. The molecule has 0 saturated carbocycles. The van der Waals surface area contributed by atoms with Crippen LogP contribution < -0.4 is 5.32 Å². The van der Waals surface area contributed by atoms with E-state index in [1.54, 1.807) is 20.1 Å². The molecule has 1 aliphatic rings. The molecule has 1 amide bonds. The van der Waals surface area contributed by atoms with Crippen LogP contribution in [0.5, 0.6) is 0 Å². The van der Waals surface area contributed by atoms with Crippen LogP contribution in [0.2, 0.25) is 0 Å². The largest absolute Gasteiger partial charge is 0.481 e. The van der Waals surface area contributed by atoms with Crippen molar-refractivity contribution in [2.24, 2.45) is 0 Å². The Bertz CT molecular complexity index is 753. The monoisotopic (exact) mass is 330 g/mol. The van der Waals surface area contributed by atoms with E-state index in [-0.39, 0.29) is 12.3 Å². The van der Waals surface area contributed by atoms with Gasteiger partial charge in [-0.2, -0.15) is 0 Å². The molecule has 0 saturated heterocycles. The molecule has 0 fully saturated rings. The Hall–Kier alpha value is -2.60. The predicted molar refractivity (Wildman–Crippen MR) is 91.2 cm³/mol. The molecule has 3 N–H and O–H groups in total. The molecule has 0 aromatic carbocycles. The first-order valence-electron chi connectivity index (χ1n) is 7.66. The first-order chi connectivity index (χ1) is 11.4. The first-order valence-corrected chi connectivity index (χ1v) is 7.66. The smallest absolute Gasteiger partial charge is 0.303 e. The molecule has 0 unspecified atom stereocenters. The summed E-state index contributed by atoms with van der Waals surface area (Å²) >= 11 is 0. The van der Waals surface area contributed by atoms with Crippen molar-refractivity contribution in [1.29, 1.82) is 0 Å². The molecule has 2 rings (SSSR count). The SMILES string of the molecule is C=CC1=C(C)C(=O)N/C1=C\c1[nH]c(COC)c(CCC(=O)O)c1C. The Morgan fingerprint density at radius 2 is 2.08 bits per heavy atom. The molecule has 1 aromatic heterocycles. The van der Waals surface area contributed by atoms with Gasteiger partial charge in [-0.25, -0.2) is 0 Å². The highest BCUT2D eigenvalue weighted by atomic mass is 16.5. The molecule has 0 spiro atoms. The Morgan fingerprint density at radius 3 is 2.67 bits per heavy atom. The molecular weight excluding hydrogens is 308 g/mol. The van der Waals surface area contributed by atoms with Crippen LogP contribution in [0.1, 0.15) is 35.9 Å². The first kappa shape index (κ1) is 17.7. The van der Waals surface area contributed by atoms with Crippen LogP contribution in [-0.4, -0.2) is 29.1 Å². The zero-order valence-electron chi connectivity index (χ0n) is 14.2. The number of carbonyl (C=O) groups is 2. The summed E-state index contributed by atoms with van der Waals surface area (Å²) in [6.07, 6.45) is 3.98.